The summed E-state index contributed by atoms with van der Waals surface area (Å²) in [5, 5.41) is 3.68. The monoisotopic (exact) mass is 345 g/mol. The highest BCUT2D eigenvalue weighted by Gasteiger charge is 2.45. The maximum absolute atomic E-state index is 3.68. The van der Waals surface area contributed by atoms with Gasteiger partial charge in [-0.2, -0.15) is 0 Å². The van der Waals surface area contributed by atoms with E-state index >= 15 is 0 Å². The van der Waals surface area contributed by atoms with E-state index in [9.17, 15) is 0 Å². The van der Waals surface area contributed by atoms with Crippen molar-refractivity contribution in [2.75, 3.05) is 0 Å². The fourth-order valence-corrected chi connectivity index (χ4v) is 3.39. The van der Waals surface area contributed by atoms with E-state index < -0.39 is 0 Å². The molecule has 1 aromatic carbocycles. The third kappa shape index (κ3) is 2.69. The Morgan fingerprint density at radius 3 is 2.50 bits per heavy atom. The molecule has 1 N–H and O–H groups in total. The topological polar surface area (TPSA) is 12.0 Å². The normalized spacial score (nSPS) is 24.2. The summed E-state index contributed by atoms with van der Waals surface area (Å²) in [5.41, 5.74) is 1.81. The van der Waals surface area contributed by atoms with Crippen molar-refractivity contribution >= 4 is 31.9 Å². The summed E-state index contributed by atoms with van der Waals surface area (Å²) in [4.78, 5) is 0. The van der Waals surface area contributed by atoms with Crippen LogP contribution in [0.5, 0.6) is 0 Å². The van der Waals surface area contributed by atoms with Crippen molar-refractivity contribution in [2.24, 2.45) is 5.41 Å². The van der Waals surface area contributed by atoms with Crippen LogP contribution in [0.15, 0.2) is 27.1 Å². The summed E-state index contributed by atoms with van der Waals surface area (Å²) in [6.07, 6.45) is 1.28. The van der Waals surface area contributed by atoms with Crippen LogP contribution < -0.4 is 5.32 Å². The Kier molecular flexibility index (Phi) is 3.49. The number of hydrogen-bond acceptors (Lipinski definition) is 1. The van der Waals surface area contributed by atoms with Gasteiger partial charge in [0.05, 0.1) is 0 Å². The summed E-state index contributed by atoms with van der Waals surface area (Å²) in [7, 11) is 0. The Morgan fingerprint density at radius 1 is 1.38 bits per heavy atom. The van der Waals surface area contributed by atoms with Crippen molar-refractivity contribution in [1.29, 1.82) is 0 Å². The zero-order chi connectivity index (χ0) is 11.9. The van der Waals surface area contributed by atoms with Crippen LogP contribution in [-0.4, -0.2) is 6.04 Å². The highest BCUT2D eigenvalue weighted by Crippen LogP contribution is 2.46. The number of benzene rings is 1. The van der Waals surface area contributed by atoms with E-state index in [2.05, 4.69) is 76.1 Å². The first-order valence-corrected chi connectivity index (χ1v) is 7.20. The van der Waals surface area contributed by atoms with Gasteiger partial charge < -0.3 is 5.32 Å². The van der Waals surface area contributed by atoms with Crippen molar-refractivity contribution in [3.05, 3.63) is 32.7 Å². The van der Waals surface area contributed by atoms with Gasteiger partial charge in [0.15, 0.2) is 0 Å². The van der Waals surface area contributed by atoms with Gasteiger partial charge in [0, 0.05) is 21.0 Å². The van der Waals surface area contributed by atoms with Gasteiger partial charge in [-0.3, -0.25) is 0 Å². The summed E-state index contributed by atoms with van der Waals surface area (Å²) in [6, 6.07) is 7.43. The number of halogens is 2. The average molecular weight is 347 g/mol. The first kappa shape index (κ1) is 12.6. The van der Waals surface area contributed by atoms with Crippen LogP contribution in [0.4, 0.5) is 0 Å². The number of rotatable bonds is 3. The molecule has 2 atom stereocenters. The molecule has 1 aliphatic carbocycles. The molecule has 88 valence electrons. The average Bonchev–Trinajstić information content (AvgIpc) is 2.72. The Labute approximate surface area is 114 Å². The molecule has 0 bridgehead atoms. The second-order valence-electron chi connectivity index (χ2n) is 5.30. The minimum atomic E-state index is 0.397. The lowest BCUT2D eigenvalue weighted by Gasteiger charge is -2.17. The van der Waals surface area contributed by atoms with Gasteiger partial charge in [0.2, 0.25) is 0 Å². The molecule has 3 heteroatoms. The van der Waals surface area contributed by atoms with Gasteiger partial charge in [-0.05, 0) is 36.5 Å². The standard InChI is InChI=1S/C13H17Br2N/c1-8(16-12-7-13(12,2)3)10-5-4-9(14)6-11(10)15/h4-6,8,12,16H,7H2,1-3H3. The second kappa shape index (κ2) is 4.43. The molecular weight excluding hydrogens is 330 g/mol. The minimum absolute atomic E-state index is 0.397. The lowest BCUT2D eigenvalue weighted by molar-refractivity contribution is 0.491. The van der Waals surface area contributed by atoms with Crippen molar-refractivity contribution in [1.82, 2.24) is 5.32 Å². The minimum Gasteiger partial charge on any atom is -0.307 e. The first-order valence-electron chi connectivity index (χ1n) is 5.61. The van der Waals surface area contributed by atoms with E-state index in [4.69, 9.17) is 0 Å². The van der Waals surface area contributed by atoms with E-state index in [1.807, 2.05) is 0 Å². The van der Waals surface area contributed by atoms with Crippen molar-refractivity contribution in [2.45, 2.75) is 39.3 Å². The summed E-state index contributed by atoms with van der Waals surface area (Å²) in [6.45, 7) is 6.85. The first-order chi connectivity index (χ1) is 7.40. The molecular formula is C13H17Br2N. The summed E-state index contributed by atoms with van der Waals surface area (Å²) >= 11 is 7.09. The Bertz CT molecular complexity index is 401. The van der Waals surface area contributed by atoms with Crippen LogP contribution >= 0.6 is 31.9 Å². The molecule has 0 radical (unpaired) electrons. The van der Waals surface area contributed by atoms with Gasteiger partial charge in [-0.1, -0.05) is 51.8 Å². The van der Waals surface area contributed by atoms with E-state index in [0.717, 1.165) is 4.47 Å². The fraction of sp³-hybridized carbons (Fsp3) is 0.538. The van der Waals surface area contributed by atoms with Crippen LogP contribution in [0.25, 0.3) is 0 Å². The van der Waals surface area contributed by atoms with E-state index in [1.165, 1.54) is 16.5 Å². The predicted molar refractivity (Wildman–Crippen MR) is 75.6 cm³/mol. The Balaban J connectivity index is 2.06. The largest absolute Gasteiger partial charge is 0.307 e. The molecule has 0 saturated heterocycles. The van der Waals surface area contributed by atoms with Gasteiger partial charge in [0.1, 0.15) is 0 Å². The van der Waals surface area contributed by atoms with Crippen LogP contribution in [0.2, 0.25) is 0 Å². The predicted octanol–water partition coefficient (Wildman–Crippen LogP) is 4.66. The van der Waals surface area contributed by atoms with Crippen molar-refractivity contribution in [3.63, 3.8) is 0 Å². The lowest BCUT2D eigenvalue weighted by Crippen LogP contribution is -2.24. The molecule has 0 aliphatic heterocycles. The molecule has 0 spiro atoms. The van der Waals surface area contributed by atoms with Gasteiger partial charge in [-0.25, -0.2) is 0 Å². The maximum atomic E-state index is 3.68. The molecule has 2 unspecified atom stereocenters. The van der Waals surface area contributed by atoms with Crippen LogP contribution in [0.1, 0.15) is 38.8 Å². The number of nitrogens with one attached hydrogen (secondary N) is 1. The van der Waals surface area contributed by atoms with E-state index in [-0.39, 0.29) is 0 Å². The van der Waals surface area contributed by atoms with Gasteiger partial charge in [0.25, 0.3) is 0 Å². The zero-order valence-corrected chi connectivity index (χ0v) is 13.0. The molecule has 1 aliphatic rings. The second-order valence-corrected chi connectivity index (χ2v) is 7.07. The molecule has 0 amide bonds. The molecule has 0 heterocycles. The fourth-order valence-electron chi connectivity index (χ4n) is 2.00. The Morgan fingerprint density at radius 2 is 2.00 bits per heavy atom. The molecule has 1 nitrogen and oxygen atoms in total. The van der Waals surface area contributed by atoms with Crippen LogP contribution in [-0.2, 0) is 0 Å². The molecule has 2 rings (SSSR count). The van der Waals surface area contributed by atoms with Gasteiger partial charge >= 0.3 is 0 Å². The maximum Gasteiger partial charge on any atom is 0.0305 e. The molecule has 1 fully saturated rings. The Hall–Kier alpha value is 0.140. The SMILES string of the molecule is CC(NC1CC1(C)C)c1ccc(Br)cc1Br. The number of hydrogen-bond donors (Lipinski definition) is 1. The smallest absolute Gasteiger partial charge is 0.0305 e. The van der Waals surface area contributed by atoms with Crippen LogP contribution in [0.3, 0.4) is 0 Å². The lowest BCUT2D eigenvalue weighted by atomic mass is 10.1. The van der Waals surface area contributed by atoms with E-state index in [1.54, 1.807) is 0 Å². The summed E-state index contributed by atoms with van der Waals surface area (Å²) < 4.78 is 2.28. The third-order valence-corrected chi connectivity index (χ3v) is 4.57. The van der Waals surface area contributed by atoms with Crippen molar-refractivity contribution < 1.29 is 0 Å². The highest BCUT2D eigenvalue weighted by molar-refractivity contribution is 9.11. The molecule has 1 aromatic rings. The van der Waals surface area contributed by atoms with Crippen molar-refractivity contribution in [3.8, 4) is 0 Å². The quantitative estimate of drug-likeness (QED) is 0.839. The third-order valence-electron chi connectivity index (χ3n) is 3.39. The molecule has 16 heavy (non-hydrogen) atoms. The highest BCUT2D eigenvalue weighted by atomic mass is 79.9. The molecule has 0 aromatic heterocycles. The zero-order valence-electron chi connectivity index (χ0n) is 9.85. The van der Waals surface area contributed by atoms with E-state index in [0.29, 0.717) is 17.5 Å². The summed E-state index contributed by atoms with van der Waals surface area (Å²) in [5.74, 6) is 0. The molecule has 1 saturated carbocycles. The van der Waals surface area contributed by atoms with Gasteiger partial charge in [-0.15, -0.1) is 0 Å². The van der Waals surface area contributed by atoms with Crippen LogP contribution in [0, 0.1) is 5.41 Å².